The van der Waals surface area contributed by atoms with E-state index in [1.165, 1.54) is 0 Å². The molecule has 2 aromatic rings. The average molecular weight is 215 g/mol. The summed E-state index contributed by atoms with van der Waals surface area (Å²) in [6.07, 6.45) is 0. The number of pyridine rings is 1. The van der Waals surface area contributed by atoms with E-state index in [0.29, 0.717) is 11.4 Å². The number of aliphatic hydroxyl groups is 1. The van der Waals surface area contributed by atoms with Gasteiger partial charge < -0.3 is 9.84 Å². The maximum Gasteiger partial charge on any atom is 0.219 e. The first-order valence-corrected chi connectivity index (χ1v) is 5.05. The molecule has 16 heavy (non-hydrogen) atoms. The van der Waals surface area contributed by atoms with Gasteiger partial charge in [0, 0.05) is 11.1 Å². The molecule has 0 spiro atoms. The van der Waals surface area contributed by atoms with E-state index in [2.05, 4.69) is 4.98 Å². The summed E-state index contributed by atoms with van der Waals surface area (Å²) >= 11 is 0. The first-order chi connectivity index (χ1) is 7.85. The van der Waals surface area contributed by atoms with Gasteiger partial charge in [-0.2, -0.15) is 0 Å². The fourth-order valence-corrected chi connectivity index (χ4v) is 1.54. The van der Waals surface area contributed by atoms with Crippen LogP contribution in [0.5, 0.6) is 5.88 Å². The minimum absolute atomic E-state index is 0.0642. The van der Waals surface area contributed by atoms with Gasteiger partial charge in [0.1, 0.15) is 0 Å². The second kappa shape index (κ2) is 4.77. The first kappa shape index (κ1) is 10.6. The van der Waals surface area contributed by atoms with E-state index in [1.54, 1.807) is 7.11 Å². The van der Waals surface area contributed by atoms with Crippen molar-refractivity contribution in [2.24, 2.45) is 0 Å². The SMILES string of the molecule is COc1nc(-c2ccccc2)ccc1CO. The highest BCUT2D eigenvalue weighted by Crippen LogP contribution is 2.22. The number of benzene rings is 1. The van der Waals surface area contributed by atoms with Crippen LogP contribution in [-0.4, -0.2) is 17.2 Å². The fourth-order valence-electron chi connectivity index (χ4n) is 1.54. The summed E-state index contributed by atoms with van der Waals surface area (Å²) in [7, 11) is 1.55. The molecule has 0 aliphatic heterocycles. The smallest absolute Gasteiger partial charge is 0.219 e. The van der Waals surface area contributed by atoms with Crippen LogP contribution in [-0.2, 0) is 6.61 Å². The molecule has 0 fully saturated rings. The lowest BCUT2D eigenvalue weighted by Gasteiger charge is -2.07. The van der Waals surface area contributed by atoms with Crippen molar-refractivity contribution in [2.75, 3.05) is 7.11 Å². The molecule has 1 heterocycles. The minimum atomic E-state index is -0.0642. The minimum Gasteiger partial charge on any atom is -0.481 e. The fraction of sp³-hybridized carbons (Fsp3) is 0.154. The van der Waals surface area contributed by atoms with Crippen molar-refractivity contribution in [3.63, 3.8) is 0 Å². The summed E-state index contributed by atoms with van der Waals surface area (Å²) < 4.78 is 5.13. The van der Waals surface area contributed by atoms with Crippen molar-refractivity contribution in [2.45, 2.75) is 6.61 Å². The van der Waals surface area contributed by atoms with Crippen molar-refractivity contribution in [1.82, 2.24) is 4.98 Å². The van der Waals surface area contributed by atoms with E-state index >= 15 is 0 Å². The first-order valence-electron chi connectivity index (χ1n) is 5.05. The van der Waals surface area contributed by atoms with E-state index < -0.39 is 0 Å². The van der Waals surface area contributed by atoms with Crippen LogP contribution >= 0.6 is 0 Å². The molecule has 0 amide bonds. The molecule has 0 atom stereocenters. The van der Waals surface area contributed by atoms with Gasteiger partial charge in [-0.3, -0.25) is 0 Å². The van der Waals surface area contributed by atoms with E-state index in [9.17, 15) is 0 Å². The third-order valence-corrected chi connectivity index (χ3v) is 2.37. The zero-order valence-electron chi connectivity index (χ0n) is 9.05. The molecule has 0 aliphatic rings. The summed E-state index contributed by atoms with van der Waals surface area (Å²) in [5, 5.41) is 9.09. The number of hydrogen-bond acceptors (Lipinski definition) is 3. The molecule has 0 unspecified atom stereocenters. The monoisotopic (exact) mass is 215 g/mol. The number of nitrogens with zero attached hydrogens (tertiary/aromatic N) is 1. The Hall–Kier alpha value is -1.87. The van der Waals surface area contributed by atoms with Crippen molar-refractivity contribution in [1.29, 1.82) is 0 Å². The van der Waals surface area contributed by atoms with Gasteiger partial charge in [0.2, 0.25) is 5.88 Å². The standard InChI is InChI=1S/C13H13NO2/c1-16-13-11(9-15)7-8-12(14-13)10-5-3-2-4-6-10/h2-8,15H,9H2,1H3. The van der Waals surface area contributed by atoms with Gasteiger partial charge in [-0.15, -0.1) is 0 Å². The quantitative estimate of drug-likeness (QED) is 0.853. The van der Waals surface area contributed by atoms with Gasteiger partial charge in [0.25, 0.3) is 0 Å². The number of aliphatic hydroxyl groups excluding tert-OH is 1. The van der Waals surface area contributed by atoms with Crippen LogP contribution in [0.2, 0.25) is 0 Å². The van der Waals surface area contributed by atoms with Crippen LogP contribution in [0.1, 0.15) is 5.56 Å². The van der Waals surface area contributed by atoms with Crippen molar-refractivity contribution >= 4 is 0 Å². The highest BCUT2D eigenvalue weighted by atomic mass is 16.5. The molecule has 82 valence electrons. The maximum atomic E-state index is 9.09. The third kappa shape index (κ3) is 2.04. The van der Waals surface area contributed by atoms with E-state index in [1.807, 2.05) is 42.5 Å². The van der Waals surface area contributed by atoms with Gasteiger partial charge >= 0.3 is 0 Å². The second-order valence-corrected chi connectivity index (χ2v) is 3.39. The highest BCUT2D eigenvalue weighted by Gasteiger charge is 2.06. The summed E-state index contributed by atoms with van der Waals surface area (Å²) in [4.78, 5) is 4.35. The Morgan fingerprint density at radius 3 is 2.50 bits per heavy atom. The lowest BCUT2D eigenvalue weighted by Crippen LogP contribution is -1.96. The molecule has 0 bridgehead atoms. The molecule has 1 aromatic carbocycles. The maximum absolute atomic E-state index is 9.09. The van der Waals surface area contributed by atoms with Crippen LogP contribution in [0.25, 0.3) is 11.3 Å². The molecular weight excluding hydrogens is 202 g/mol. The predicted octanol–water partition coefficient (Wildman–Crippen LogP) is 2.25. The average Bonchev–Trinajstić information content (AvgIpc) is 2.39. The third-order valence-electron chi connectivity index (χ3n) is 2.37. The number of hydrogen-bond donors (Lipinski definition) is 1. The Bertz CT molecular complexity index is 469. The number of methoxy groups -OCH3 is 1. The van der Waals surface area contributed by atoms with Crippen LogP contribution in [0.3, 0.4) is 0 Å². The highest BCUT2D eigenvalue weighted by molar-refractivity contribution is 5.60. The van der Waals surface area contributed by atoms with E-state index in [4.69, 9.17) is 9.84 Å². The topological polar surface area (TPSA) is 42.4 Å². The lowest BCUT2D eigenvalue weighted by molar-refractivity contribution is 0.271. The van der Waals surface area contributed by atoms with Crippen LogP contribution in [0.15, 0.2) is 42.5 Å². The Morgan fingerprint density at radius 2 is 1.88 bits per heavy atom. The summed E-state index contributed by atoms with van der Waals surface area (Å²) in [6, 6.07) is 13.6. The molecule has 3 heteroatoms. The molecule has 2 rings (SSSR count). The molecule has 0 saturated carbocycles. The summed E-state index contributed by atoms with van der Waals surface area (Å²) in [5.74, 6) is 0.476. The van der Waals surface area contributed by atoms with Crippen LogP contribution in [0, 0.1) is 0 Å². The van der Waals surface area contributed by atoms with Gasteiger partial charge in [-0.1, -0.05) is 30.3 Å². The largest absolute Gasteiger partial charge is 0.481 e. The molecule has 3 nitrogen and oxygen atoms in total. The van der Waals surface area contributed by atoms with Crippen molar-refractivity contribution in [3.8, 4) is 17.1 Å². The summed E-state index contributed by atoms with van der Waals surface area (Å²) in [6.45, 7) is -0.0642. The Balaban J connectivity index is 2.44. The number of ether oxygens (including phenoxy) is 1. The predicted molar refractivity (Wildman–Crippen MR) is 62.1 cm³/mol. The van der Waals surface area contributed by atoms with Gasteiger partial charge in [-0.25, -0.2) is 4.98 Å². The van der Waals surface area contributed by atoms with Crippen LogP contribution in [0.4, 0.5) is 0 Å². The zero-order valence-corrected chi connectivity index (χ0v) is 9.05. The van der Waals surface area contributed by atoms with Crippen molar-refractivity contribution in [3.05, 3.63) is 48.0 Å². The lowest BCUT2D eigenvalue weighted by atomic mass is 10.1. The van der Waals surface area contributed by atoms with E-state index in [0.717, 1.165) is 11.3 Å². The molecule has 0 aliphatic carbocycles. The molecule has 1 N–H and O–H groups in total. The number of aromatic nitrogens is 1. The van der Waals surface area contributed by atoms with Gasteiger partial charge in [0.05, 0.1) is 19.4 Å². The van der Waals surface area contributed by atoms with Gasteiger partial charge in [-0.05, 0) is 12.1 Å². The Kier molecular flexibility index (Phi) is 3.17. The molecular formula is C13H13NO2. The molecule has 0 saturated heterocycles. The normalized spacial score (nSPS) is 10.1. The van der Waals surface area contributed by atoms with Gasteiger partial charge in [0.15, 0.2) is 0 Å². The molecule has 1 aromatic heterocycles. The number of rotatable bonds is 3. The zero-order chi connectivity index (χ0) is 11.4. The van der Waals surface area contributed by atoms with Crippen molar-refractivity contribution < 1.29 is 9.84 Å². The Labute approximate surface area is 94.3 Å². The van der Waals surface area contributed by atoms with Crippen LogP contribution < -0.4 is 4.74 Å². The Morgan fingerprint density at radius 1 is 1.12 bits per heavy atom. The molecule has 0 radical (unpaired) electrons. The van der Waals surface area contributed by atoms with E-state index in [-0.39, 0.29) is 6.61 Å². The second-order valence-electron chi connectivity index (χ2n) is 3.39. The summed E-state index contributed by atoms with van der Waals surface area (Å²) in [5.41, 5.74) is 2.57.